The summed E-state index contributed by atoms with van der Waals surface area (Å²) < 4.78 is 2.51. The summed E-state index contributed by atoms with van der Waals surface area (Å²) in [5.74, 6) is 0. The average Bonchev–Trinajstić information content (AvgIpc) is 2.19. The zero-order chi connectivity index (χ0) is 11.7. The molecule has 0 aromatic heterocycles. The van der Waals surface area contributed by atoms with Crippen LogP contribution >= 0.6 is 61.1 Å². The summed E-state index contributed by atoms with van der Waals surface area (Å²) in [6.07, 6.45) is 5.58. The smallest absolute Gasteiger partial charge is 0.0956 e. The molecule has 80 valence electrons. The van der Waals surface area contributed by atoms with Gasteiger partial charge in [0, 0.05) is 12.0 Å². The molecule has 0 spiro atoms. The molecule has 0 aliphatic heterocycles. The molecule has 1 aromatic carbocycles. The SMILES string of the molecule is [B]c1ccc(C2=CCC(Br)C=C2I)c(I)c1. The number of rotatable bonds is 1. The van der Waals surface area contributed by atoms with Crippen LogP contribution < -0.4 is 5.46 Å². The maximum absolute atomic E-state index is 5.77. The normalized spacial score (nSPS) is 20.3. The van der Waals surface area contributed by atoms with E-state index >= 15 is 0 Å². The number of halogens is 3. The summed E-state index contributed by atoms with van der Waals surface area (Å²) in [6, 6.07) is 6.08. The minimum Gasteiger partial charge on any atom is -0.0956 e. The summed E-state index contributed by atoms with van der Waals surface area (Å²) in [5.41, 5.74) is 3.41. The Morgan fingerprint density at radius 3 is 2.69 bits per heavy atom. The lowest BCUT2D eigenvalue weighted by Crippen LogP contribution is -2.05. The van der Waals surface area contributed by atoms with Crippen molar-refractivity contribution in [2.75, 3.05) is 0 Å². The lowest BCUT2D eigenvalue weighted by atomic mass is 9.92. The number of hydrogen-bond donors (Lipinski definition) is 0. The van der Waals surface area contributed by atoms with Crippen LogP contribution in [0.5, 0.6) is 0 Å². The molecule has 4 heteroatoms. The quantitative estimate of drug-likeness (QED) is 0.314. The molecular formula is C12H8BBrI2. The van der Waals surface area contributed by atoms with E-state index in [-0.39, 0.29) is 0 Å². The third-order valence-electron chi connectivity index (χ3n) is 2.41. The molecule has 16 heavy (non-hydrogen) atoms. The highest BCUT2D eigenvalue weighted by Crippen LogP contribution is 2.35. The van der Waals surface area contributed by atoms with Crippen LogP contribution in [0.1, 0.15) is 12.0 Å². The Kier molecular flexibility index (Phi) is 4.57. The Balaban J connectivity index is 2.42. The van der Waals surface area contributed by atoms with E-state index in [9.17, 15) is 0 Å². The Hall–Kier alpha value is 0.705. The summed E-state index contributed by atoms with van der Waals surface area (Å²) in [5, 5.41) is 0. The molecule has 1 aliphatic rings. The van der Waals surface area contributed by atoms with E-state index in [1.807, 2.05) is 12.1 Å². The second kappa shape index (κ2) is 5.56. The van der Waals surface area contributed by atoms with E-state index in [0.29, 0.717) is 4.83 Å². The number of hydrogen-bond acceptors (Lipinski definition) is 0. The summed E-state index contributed by atoms with van der Waals surface area (Å²) >= 11 is 8.34. The van der Waals surface area contributed by atoms with Crippen molar-refractivity contribution in [3.05, 3.63) is 43.1 Å². The molecule has 0 saturated heterocycles. The fourth-order valence-electron chi connectivity index (χ4n) is 1.63. The van der Waals surface area contributed by atoms with Crippen LogP contribution in [-0.2, 0) is 0 Å². The van der Waals surface area contributed by atoms with Crippen LogP contribution in [0.2, 0.25) is 0 Å². The van der Waals surface area contributed by atoms with Crippen molar-refractivity contribution in [3.8, 4) is 0 Å². The van der Waals surface area contributed by atoms with Crippen molar-refractivity contribution in [2.45, 2.75) is 11.2 Å². The van der Waals surface area contributed by atoms with Crippen molar-refractivity contribution < 1.29 is 0 Å². The van der Waals surface area contributed by atoms with Gasteiger partial charge in [-0.25, -0.2) is 0 Å². The molecule has 2 radical (unpaired) electrons. The highest BCUT2D eigenvalue weighted by Gasteiger charge is 2.15. The summed E-state index contributed by atoms with van der Waals surface area (Å²) in [4.78, 5) is 0.467. The van der Waals surface area contributed by atoms with Gasteiger partial charge in [0.1, 0.15) is 7.85 Å². The fourth-order valence-corrected chi connectivity index (χ4v) is 4.35. The monoisotopic (exact) mass is 496 g/mol. The molecule has 0 heterocycles. The molecule has 0 saturated carbocycles. The Morgan fingerprint density at radius 2 is 2.06 bits per heavy atom. The second-order valence-electron chi connectivity index (χ2n) is 3.62. The van der Waals surface area contributed by atoms with Crippen molar-refractivity contribution in [1.29, 1.82) is 0 Å². The van der Waals surface area contributed by atoms with Crippen LogP contribution in [-0.4, -0.2) is 12.7 Å². The first-order valence-electron chi connectivity index (χ1n) is 4.85. The van der Waals surface area contributed by atoms with E-state index in [2.05, 4.69) is 79.3 Å². The van der Waals surface area contributed by atoms with Gasteiger partial charge in [-0.15, -0.1) is 0 Å². The van der Waals surface area contributed by atoms with Gasteiger partial charge in [0.05, 0.1) is 0 Å². The van der Waals surface area contributed by atoms with Crippen molar-refractivity contribution in [1.82, 2.24) is 0 Å². The molecule has 0 fully saturated rings. The predicted octanol–water partition coefficient (Wildman–Crippen LogP) is 3.95. The Labute approximate surface area is 133 Å². The lowest BCUT2D eigenvalue weighted by molar-refractivity contribution is 1.08. The molecule has 1 aliphatic carbocycles. The Bertz CT molecular complexity index is 480. The van der Waals surface area contributed by atoms with Crippen LogP contribution in [0.4, 0.5) is 0 Å². The van der Waals surface area contributed by atoms with Crippen molar-refractivity contribution >= 4 is 80.0 Å². The van der Waals surface area contributed by atoms with E-state index in [1.165, 1.54) is 18.3 Å². The van der Waals surface area contributed by atoms with Gasteiger partial charge in [-0.05, 0) is 62.7 Å². The summed E-state index contributed by atoms with van der Waals surface area (Å²) in [7, 11) is 5.77. The topological polar surface area (TPSA) is 0 Å². The van der Waals surface area contributed by atoms with Gasteiger partial charge in [-0.1, -0.05) is 51.7 Å². The maximum Gasteiger partial charge on any atom is 0.113 e. The number of alkyl halides is 1. The lowest BCUT2D eigenvalue weighted by Gasteiger charge is -2.16. The zero-order valence-electron chi connectivity index (χ0n) is 8.38. The van der Waals surface area contributed by atoms with Gasteiger partial charge in [-0.3, -0.25) is 0 Å². The highest BCUT2D eigenvalue weighted by atomic mass is 127. The molecule has 0 N–H and O–H groups in total. The first kappa shape index (κ1) is 13.1. The molecule has 1 aromatic rings. The summed E-state index contributed by atoms with van der Waals surface area (Å²) in [6.45, 7) is 0. The van der Waals surface area contributed by atoms with Gasteiger partial charge in [0.25, 0.3) is 0 Å². The fraction of sp³-hybridized carbons (Fsp3) is 0.167. The van der Waals surface area contributed by atoms with Crippen molar-refractivity contribution in [2.24, 2.45) is 0 Å². The molecule has 1 unspecified atom stereocenters. The van der Waals surface area contributed by atoms with Crippen LogP contribution in [0.25, 0.3) is 5.57 Å². The molecule has 0 nitrogen and oxygen atoms in total. The van der Waals surface area contributed by atoms with Gasteiger partial charge in [0.15, 0.2) is 0 Å². The number of allylic oxidation sites excluding steroid dienone is 4. The zero-order valence-corrected chi connectivity index (χ0v) is 14.3. The van der Waals surface area contributed by atoms with E-state index in [4.69, 9.17) is 7.85 Å². The minimum atomic E-state index is 0.467. The third kappa shape index (κ3) is 2.93. The molecule has 0 bridgehead atoms. The largest absolute Gasteiger partial charge is 0.113 e. The average molecular weight is 497 g/mol. The minimum absolute atomic E-state index is 0.467. The standard InChI is InChI=1S/C12H8BBrI2/c13-7-1-3-9(11(15)5-7)10-4-2-8(14)6-12(10)16/h1,3-6,8H,2H2. The molecule has 0 amide bonds. The van der Waals surface area contributed by atoms with Gasteiger partial charge >= 0.3 is 0 Å². The van der Waals surface area contributed by atoms with Crippen molar-refractivity contribution in [3.63, 3.8) is 0 Å². The third-order valence-corrected chi connectivity index (χ3v) is 4.89. The second-order valence-corrected chi connectivity index (χ2v) is 7.12. The molecule has 2 rings (SSSR count). The highest BCUT2D eigenvalue weighted by molar-refractivity contribution is 14.1. The van der Waals surface area contributed by atoms with Crippen LogP contribution in [0.15, 0.2) is 33.9 Å². The van der Waals surface area contributed by atoms with Crippen LogP contribution in [0, 0.1) is 3.57 Å². The predicted molar refractivity (Wildman–Crippen MR) is 92.0 cm³/mol. The van der Waals surface area contributed by atoms with E-state index in [1.54, 1.807) is 0 Å². The first-order valence-corrected chi connectivity index (χ1v) is 7.92. The van der Waals surface area contributed by atoms with Gasteiger partial charge in [-0.2, -0.15) is 0 Å². The molecular weight excluding hydrogens is 489 g/mol. The van der Waals surface area contributed by atoms with Gasteiger partial charge in [0.2, 0.25) is 0 Å². The molecule has 1 atom stereocenters. The maximum atomic E-state index is 5.77. The number of benzene rings is 1. The van der Waals surface area contributed by atoms with Gasteiger partial charge < -0.3 is 0 Å². The van der Waals surface area contributed by atoms with E-state index < -0.39 is 0 Å². The Morgan fingerprint density at radius 1 is 1.31 bits per heavy atom. The van der Waals surface area contributed by atoms with E-state index in [0.717, 1.165) is 11.9 Å². The van der Waals surface area contributed by atoms with Crippen LogP contribution in [0.3, 0.4) is 0 Å². The first-order chi connectivity index (χ1) is 7.58.